The number of nitrogens with zero attached hydrogens (tertiary/aromatic N) is 2. The van der Waals surface area contributed by atoms with Gasteiger partial charge in [-0.05, 0) is 29.7 Å². The molecule has 1 aliphatic heterocycles. The van der Waals surface area contributed by atoms with Crippen LogP contribution in [0.15, 0.2) is 53.7 Å². The first-order valence-corrected chi connectivity index (χ1v) is 8.69. The Labute approximate surface area is 172 Å². The molecule has 0 fully saturated rings. The average molecular weight is 447 g/mol. The van der Waals surface area contributed by atoms with E-state index in [0.29, 0.717) is 10.5 Å². The first-order valence-electron chi connectivity index (χ1n) is 8.69. The molecule has 3 rings (SSSR count). The highest BCUT2D eigenvalue weighted by molar-refractivity contribution is 5.90. The summed E-state index contributed by atoms with van der Waals surface area (Å²) in [6.45, 7) is -0.205. The highest BCUT2D eigenvalue weighted by Crippen LogP contribution is 2.49. The van der Waals surface area contributed by atoms with E-state index in [4.69, 9.17) is 21.2 Å². The van der Waals surface area contributed by atoms with Gasteiger partial charge < -0.3 is 26.1 Å². The summed E-state index contributed by atoms with van der Waals surface area (Å²) in [4.78, 5) is 10.8. The largest absolute Gasteiger partial charge is 0.507 e. The van der Waals surface area contributed by atoms with Crippen molar-refractivity contribution < 1.29 is 42.2 Å². The van der Waals surface area contributed by atoms with Gasteiger partial charge in [0, 0.05) is 6.54 Å². The Morgan fingerprint density at radius 3 is 2.16 bits per heavy atom. The molecule has 168 valence electrons. The van der Waals surface area contributed by atoms with E-state index in [1.807, 2.05) is 0 Å². The van der Waals surface area contributed by atoms with E-state index in [1.165, 1.54) is 30.3 Å². The van der Waals surface area contributed by atoms with Gasteiger partial charge in [-0.3, -0.25) is 0 Å². The number of carbonyl (C=O) groups is 1. The number of halogens is 5. The normalized spacial score (nSPS) is 16.7. The van der Waals surface area contributed by atoms with Gasteiger partial charge in [0.25, 0.3) is 0 Å². The predicted molar refractivity (Wildman–Crippen MR) is 99.1 cm³/mol. The third-order valence-corrected chi connectivity index (χ3v) is 4.54. The fourth-order valence-electron chi connectivity index (χ4n) is 3.07. The molecule has 31 heavy (non-hydrogen) atoms. The van der Waals surface area contributed by atoms with Crippen LogP contribution in [-0.4, -0.2) is 50.9 Å². The van der Waals surface area contributed by atoms with Gasteiger partial charge in [0.1, 0.15) is 17.4 Å². The van der Waals surface area contributed by atoms with Crippen molar-refractivity contribution in [2.45, 2.75) is 24.6 Å². The van der Waals surface area contributed by atoms with E-state index in [0.717, 1.165) is 0 Å². The zero-order valence-electron chi connectivity index (χ0n) is 15.7. The van der Waals surface area contributed by atoms with Gasteiger partial charge in [0.05, 0.1) is 0 Å². The number of nitrogens with two attached hydrogens (primary N) is 1. The van der Waals surface area contributed by atoms with Crippen molar-refractivity contribution in [3.05, 3.63) is 65.2 Å². The van der Waals surface area contributed by atoms with Gasteiger partial charge in [-0.25, -0.2) is 4.79 Å². The third-order valence-electron chi connectivity index (χ3n) is 4.54. The van der Waals surface area contributed by atoms with Gasteiger partial charge in [-0.15, -0.1) is 0 Å². The lowest BCUT2D eigenvalue weighted by Crippen LogP contribution is -2.55. The number of hydrogen-bond donors (Lipinski definition) is 4. The molecule has 0 saturated carbocycles. The molecule has 2 aromatic rings. The van der Waals surface area contributed by atoms with Gasteiger partial charge in [-0.2, -0.15) is 22.0 Å². The van der Waals surface area contributed by atoms with E-state index in [1.54, 1.807) is 18.2 Å². The standard InChI is InChI=1S/C12H12F5N3O.C7H6O3/c13-11(14,12(15,16)17)9-8-4-2-1-3-7(8)5-6-20(9)10(18)19-21;8-6-4-2-1-3-5(6)7(9)10/h1-4,9,21H,5-6H2,(H2,18,19);1-4,8H,(H,9,10). The second kappa shape index (κ2) is 9.06. The number of oxime groups is 1. The van der Waals surface area contributed by atoms with Crippen LogP contribution in [0, 0.1) is 0 Å². The van der Waals surface area contributed by atoms with Gasteiger partial charge in [0.2, 0.25) is 5.96 Å². The molecule has 1 atom stereocenters. The minimum Gasteiger partial charge on any atom is -0.507 e. The molecule has 1 unspecified atom stereocenters. The number of carboxylic acids is 1. The number of aromatic carboxylic acids is 1. The molecule has 5 N–H and O–H groups in total. The summed E-state index contributed by atoms with van der Waals surface area (Å²) in [5.74, 6) is -7.13. The Bertz CT molecular complexity index is 966. The number of carboxylic acid groups (broad SMARTS) is 1. The molecular formula is C19H18F5N3O4. The molecule has 0 aliphatic carbocycles. The summed E-state index contributed by atoms with van der Waals surface area (Å²) in [5, 5.41) is 28.5. The molecule has 0 aromatic heterocycles. The Hall–Kier alpha value is -3.57. The van der Waals surface area contributed by atoms with E-state index >= 15 is 0 Å². The van der Waals surface area contributed by atoms with Crippen LogP contribution in [0.2, 0.25) is 0 Å². The van der Waals surface area contributed by atoms with Crippen LogP contribution in [0.25, 0.3) is 0 Å². The third kappa shape index (κ3) is 4.95. The molecule has 1 aliphatic rings. The van der Waals surface area contributed by atoms with Crippen molar-refractivity contribution in [3.63, 3.8) is 0 Å². The monoisotopic (exact) mass is 447 g/mol. The number of fused-ring (bicyclic) bond motifs is 1. The first kappa shape index (κ1) is 23.7. The zero-order valence-corrected chi connectivity index (χ0v) is 15.7. The van der Waals surface area contributed by atoms with Gasteiger partial charge >= 0.3 is 18.1 Å². The molecule has 7 nitrogen and oxygen atoms in total. The molecule has 0 saturated heterocycles. The first-order chi connectivity index (χ1) is 14.4. The van der Waals surface area contributed by atoms with Crippen LogP contribution in [0.4, 0.5) is 22.0 Å². The zero-order chi connectivity index (χ0) is 23.4. The van der Waals surface area contributed by atoms with Crippen molar-refractivity contribution >= 4 is 11.9 Å². The van der Waals surface area contributed by atoms with Crippen LogP contribution >= 0.6 is 0 Å². The number of phenols is 1. The molecule has 12 heteroatoms. The number of rotatable bonds is 2. The van der Waals surface area contributed by atoms with Crippen molar-refractivity contribution in [1.29, 1.82) is 0 Å². The molecule has 1 heterocycles. The van der Waals surface area contributed by atoms with Crippen molar-refractivity contribution in [1.82, 2.24) is 4.90 Å². The van der Waals surface area contributed by atoms with E-state index in [2.05, 4.69) is 5.16 Å². The SMILES string of the molecule is NC(=NO)N1CCc2ccccc2C1C(F)(F)C(F)(F)F.O=C(O)c1ccccc1O. The topological polar surface area (TPSA) is 119 Å². The fraction of sp³-hybridized carbons (Fsp3) is 0.263. The van der Waals surface area contributed by atoms with E-state index < -0.39 is 30.1 Å². The number of benzene rings is 2. The minimum atomic E-state index is -5.75. The second-order valence-corrected chi connectivity index (χ2v) is 6.45. The lowest BCUT2D eigenvalue weighted by molar-refractivity contribution is -0.302. The lowest BCUT2D eigenvalue weighted by atomic mass is 9.88. The summed E-state index contributed by atoms with van der Waals surface area (Å²) in [6, 6.07) is 9.05. The number of alkyl halides is 5. The molecule has 0 amide bonds. The molecule has 0 radical (unpaired) electrons. The maximum Gasteiger partial charge on any atom is 0.455 e. The van der Waals surface area contributed by atoms with Crippen LogP contribution in [0.3, 0.4) is 0 Å². The Morgan fingerprint density at radius 1 is 1.06 bits per heavy atom. The second-order valence-electron chi connectivity index (χ2n) is 6.45. The molecule has 0 spiro atoms. The quantitative estimate of drug-likeness (QED) is 0.184. The number of para-hydroxylation sites is 1. The van der Waals surface area contributed by atoms with Crippen LogP contribution in [-0.2, 0) is 6.42 Å². The molecular weight excluding hydrogens is 429 g/mol. The summed E-state index contributed by atoms with van der Waals surface area (Å²) in [5.41, 5.74) is 5.39. The van der Waals surface area contributed by atoms with Crippen molar-refractivity contribution in [3.8, 4) is 5.75 Å². The predicted octanol–water partition coefficient (Wildman–Crippen LogP) is 3.58. The Morgan fingerprint density at radius 2 is 1.65 bits per heavy atom. The number of hydrogen-bond acceptors (Lipinski definition) is 4. The lowest BCUT2D eigenvalue weighted by Gasteiger charge is -2.41. The maximum atomic E-state index is 13.9. The highest BCUT2D eigenvalue weighted by Gasteiger charge is 2.65. The average Bonchev–Trinajstić information content (AvgIpc) is 2.72. The summed E-state index contributed by atoms with van der Waals surface area (Å²) in [7, 11) is 0. The van der Waals surface area contributed by atoms with Crippen LogP contribution < -0.4 is 5.73 Å². The number of guanidine groups is 1. The summed E-state index contributed by atoms with van der Waals surface area (Å²) >= 11 is 0. The van der Waals surface area contributed by atoms with Gasteiger partial charge in [0.15, 0.2) is 0 Å². The van der Waals surface area contributed by atoms with E-state index in [-0.39, 0.29) is 29.8 Å². The number of aromatic hydroxyl groups is 1. The fourth-order valence-corrected chi connectivity index (χ4v) is 3.07. The molecule has 2 aromatic carbocycles. The Balaban J connectivity index is 0.000000285. The smallest absolute Gasteiger partial charge is 0.455 e. The van der Waals surface area contributed by atoms with Crippen LogP contribution in [0.1, 0.15) is 27.5 Å². The molecule has 0 bridgehead atoms. The summed E-state index contributed by atoms with van der Waals surface area (Å²) in [6.07, 6.45) is -5.53. The maximum absolute atomic E-state index is 13.9. The summed E-state index contributed by atoms with van der Waals surface area (Å²) < 4.78 is 66.0. The van der Waals surface area contributed by atoms with E-state index in [9.17, 15) is 26.7 Å². The Kier molecular flexibility index (Phi) is 6.93. The highest BCUT2D eigenvalue weighted by atomic mass is 19.4. The van der Waals surface area contributed by atoms with Crippen molar-refractivity contribution in [2.24, 2.45) is 10.9 Å². The van der Waals surface area contributed by atoms with Gasteiger partial charge in [-0.1, -0.05) is 41.6 Å². The van der Waals surface area contributed by atoms with Crippen LogP contribution in [0.5, 0.6) is 5.75 Å². The van der Waals surface area contributed by atoms with Crippen molar-refractivity contribution in [2.75, 3.05) is 6.54 Å². The minimum absolute atomic E-state index is 0.0671.